The topological polar surface area (TPSA) is 84.7 Å². The Hall–Kier alpha value is -2.63. The molecule has 0 saturated heterocycles. The van der Waals surface area contributed by atoms with E-state index >= 15 is 0 Å². The molecule has 0 bridgehead atoms. The van der Waals surface area contributed by atoms with Crippen molar-refractivity contribution in [2.45, 2.75) is 70.1 Å². The van der Waals surface area contributed by atoms with Crippen molar-refractivity contribution in [2.24, 2.45) is 11.1 Å². The highest BCUT2D eigenvalue weighted by molar-refractivity contribution is 6.23. The molecular formula is C23H28N2O4. The number of hydrogen-bond acceptors (Lipinski definition) is 5. The first-order valence-electron chi connectivity index (χ1n) is 10.8. The smallest absolute Gasteiger partial charge is 0.338 e. The monoisotopic (exact) mass is 396 g/mol. The van der Waals surface area contributed by atoms with Crippen molar-refractivity contribution < 1.29 is 14.2 Å². The Morgan fingerprint density at radius 3 is 2.28 bits per heavy atom. The number of allylic oxidation sites excluding steroid dienone is 4. The number of nitrogens with one attached hydrogen (secondary N) is 1. The van der Waals surface area contributed by atoms with Gasteiger partial charge in [0.05, 0.1) is 22.5 Å². The van der Waals surface area contributed by atoms with E-state index in [9.17, 15) is 9.59 Å². The van der Waals surface area contributed by atoms with E-state index in [-0.39, 0.29) is 11.6 Å². The van der Waals surface area contributed by atoms with Gasteiger partial charge in [-0.3, -0.25) is 0 Å². The average Bonchev–Trinajstić information content (AvgIpc) is 3.32. The molecule has 6 heteroatoms. The first-order valence-corrected chi connectivity index (χ1v) is 10.8. The van der Waals surface area contributed by atoms with Gasteiger partial charge < -0.3 is 9.36 Å². The normalized spacial score (nSPS) is 23.4. The minimum atomic E-state index is -0.384. The van der Waals surface area contributed by atoms with Crippen LogP contribution in [0.25, 0.3) is 6.08 Å². The SMILES string of the molecule is O=C1ON=C(C2CCCCC2)C1=CC=CC=Cc1c(C2CCCCC2)[nH]oc1=O. The van der Waals surface area contributed by atoms with Crippen LogP contribution in [-0.2, 0) is 9.63 Å². The van der Waals surface area contributed by atoms with Gasteiger partial charge in [0.25, 0.3) is 0 Å². The summed E-state index contributed by atoms with van der Waals surface area (Å²) < 4.78 is 5.04. The maximum absolute atomic E-state index is 12.1. The standard InChI is InChI=1S/C23H28N2O4/c26-22-18(20(24-28-22)16-10-4-1-5-11-16)14-8-3-9-15-19-21(25-29-23(19)27)17-12-6-2-7-13-17/h3,8-9,14-17,24H,1-2,4-7,10-13H2. The summed E-state index contributed by atoms with van der Waals surface area (Å²) in [5.41, 5.74) is 2.50. The number of aromatic amines is 1. The predicted octanol–water partition coefficient (Wildman–Crippen LogP) is 5.00. The Morgan fingerprint density at radius 1 is 0.862 bits per heavy atom. The zero-order valence-corrected chi connectivity index (χ0v) is 16.7. The van der Waals surface area contributed by atoms with Crippen molar-refractivity contribution in [1.29, 1.82) is 0 Å². The second-order valence-corrected chi connectivity index (χ2v) is 8.17. The van der Waals surface area contributed by atoms with Crippen molar-refractivity contribution in [3.63, 3.8) is 0 Å². The Balaban J connectivity index is 1.44. The second kappa shape index (κ2) is 9.25. The highest BCUT2D eigenvalue weighted by Gasteiger charge is 2.31. The van der Waals surface area contributed by atoms with Crippen LogP contribution in [0.15, 0.2) is 44.4 Å². The maximum atomic E-state index is 12.1. The summed E-state index contributed by atoms with van der Waals surface area (Å²) in [4.78, 5) is 29.0. The van der Waals surface area contributed by atoms with Gasteiger partial charge in [-0.2, -0.15) is 0 Å². The van der Waals surface area contributed by atoms with Crippen LogP contribution in [0.1, 0.15) is 81.4 Å². The van der Waals surface area contributed by atoms with Crippen molar-refractivity contribution >= 4 is 17.8 Å². The number of aromatic nitrogens is 1. The molecule has 0 spiro atoms. The Morgan fingerprint density at radius 2 is 1.55 bits per heavy atom. The number of nitrogens with zero attached hydrogens (tertiary/aromatic N) is 1. The molecule has 2 saturated carbocycles. The lowest BCUT2D eigenvalue weighted by Gasteiger charge is -2.20. The van der Waals surface area contributed by atoms with Crippen LogP contribution in [0.5, 0.6) is 0 Å². The third-order valence-electron chi connectivity index (χ3n) is 6.24. The van der Waals surface area contributed by atoms with E-state index in [1.807, 2.05) is 6.08 Å². The van der Waals surface area contributed by atoms with E-state index in [4.69, 9.17) is 9.36 Å². The fourth-order valence-electron chi connectivity index (χ4n) is 4.66. The highest BCUT2D eigenvalue weighted by Crippen LogP contribution is 2.33. The number of hydrogen-bond donors (Lipinski definition) is 1. The van der Waals surface area contributed by atoms with Gasteiger partial charge in [0.15, 0.2) is 0 Å². The fraction of sp³-hybridized carbons (Fsp3) is 0.522. The summed E-state index contributed by atoms with van der Waals surface area (Å²) in [5, 5.41) is 6.85. The van der Waals surface area contributed by atoms with Crippen LogP contribution in [0.2, 0.25) is 0 Å². The number of carbonyl (C=O) groups is 1. The lowest BCUT2D eigenvalue weighted by Crippen LogP contribution is -2.19. The first-order chi connectivity index (χ1) is 14.2. The Bertz CT molecular complexity index is 904. The lowest BCUT2D eigenvalue weighted by molar-refractivity contribution is -0.136. The molecule has 2 heterocycles. The molecule has 0 unspecified atom stereocenters. The number of carbonyl (C=O) groups excluding carboxylic acids is 1. The van der Waals surface area contributed by atoms with E-state index in [0.29, 0.717) is 23.0 Å². The molecule has 3 aliphatic rings. The van der Waals surface area contributed by atoms with Crippen molar-refractivity contribution in [3.05, 3.63) is 51.6 Å². The summed E-state index contributed by atoms with van der Waals surface area (Å²) in [7, 11) is 0. The molecule has 1 N–H and O–H groups in total. The zero-order chi connectivity index (χ0) is 20.1. The first kappa shape index (κ1) is 19.7. The second-order valence-electron chi connectivity index (χ2n) is 8.17. The third kappa shape index (κ3) is 4.52. The predicted molar refractivity (Wildman–Crippen MR) is 112 cm³/mol. The number of oxime groups is 1. The highest BCUT2D eigenvalue weighted by atomic mass is 16.7. The van der Waals surface area contributed by atoms with E-state index in [1.54, 1.807) is 24.3 Å². The molecule has 1 aliphatic heterocycles. The molecule has 29 heavy (non-hydrogen) atoms. The summed E-state index contributed by atoms with van der Waals surface area (Å²) >= 11 is 0. The summed E-state index contributed by atoms with van der Waals surface area (Å²) in [6.45, 7) is 0. The van der Waals surface area contributed by atoms with Crippen LogP contribution in [-0.4, -0.2) is 16.8 Å². The van der Waals surface area contributed by atoms with E-state index < -0.39 is 0 Å². The van der Waals surface area contributed by atoms with Crippen LogP contribution in [0.3, 0.4) is 0 Å². The molecule has 1 aromatic rings. The summed E-state index contributed by atoms with van der Waals surface area (Å²) in [6, 6.07) is 0. The van der Waals surface area contributed by atoms with E-state index in [2.05, 4.69) is 10.3 Å². The molecule has 154 valence electrons. The number of H-pyrrole nitrogens is 1. The third-order valence-corrected chi connectivity index (χ3v) is 6.24. The summed E-state index contributed by atoms with van der Waals surface area (Å²) in [6.07, 6.45) is 20.5. The molecular weight excluding hydrogens is 368 g/mol. The van der Waals surface area contributed by atoms with Gasteiger partial charge in [0.2, 0.25) is 0 Å². The minimum absolute atomic E-state index is 0.313. The number of rotatable bonds is 5. The Kier molecular flexibility index (Phi) is 6.27. The average molecular weight is 396 g/mol. The van der Waals surface area contributed by atoms with Gasteiger partial charge in [-0.1, -0.05) is 61.9 Å². The fourth-order valence-corrected chi connectivity index (χ4v) is 4.66. The molecule has 0 amide bonds. The van der Waals surface area contributed by atoms with Gasteiger partial charge in [0, 0.05) is 11.8 Å². The van der Waals surface area contributed by atoms with E-state index in [0.717, 1.165) is 37.1 Å². The molecule has 1 aromatic heterocycles. The van der Waals surface area contributed by atoms with Gasteiger partial charge >= 0.3 is 11.6 Å². The van der Waals surface area contributed by atoms with Crippen LogP contribution >= 0.6 is 0 Å². The van der Waals surface area contributed by atoms with Crippen LogP contribution in [0.4, 0.5) is 0 Å². The lowest BCUT2D eigenvalue weighted by atomic mass is 9.83. The summed E-state index contributed by atoms with van der Waals surface area (Å²) in [5.74, 6) is 0.293. The van der Waals surface area contributed by atoms with Crippen molar-refractivity contribution in [2.75, 3.05) is 0 Å². The minimum Gasteiger partial charge on any atom is -0.338 e. The van der Waals surface area contributed by atoms with Crippen molar-refractivity contribution in [3.8, 4) is 0 Å². The molecule has 0 radical (unpaired) electrons. The molecule has 0 aromatic carbocycles. The van der Waals surface area contributed by atoms with Gasteiger partial charge in [-0.25, -0.2) is 14.7 Å². The van der Waals surface area contributed by atoms with Gasteiger partial charge in [0.1, 0.15) is 0 Å². The molecule has 4 rings (SSSR count). The molecule has 6 nitrogen and oxygen atoms in total. The van der Waals surface area contributed by atoms with Gasteiger partial charge in [-0.05, 0) is 37.8 Å². The zero-order valence-electron chi connectivity index (χ0n) is 16.7. The molecule has 0 atom stereocenters. The van der Waals surface area contributed by atoms with Crippen LogP contribution in [0, 0.1) is 5.92 Å². The molecule has 2 aliphatic carbocycles. The van der Waals surface area contributed by atoms with Crippen molar-refractivity contribution in [1.82, 2.24) is 5.16 Å². The van der Waals surface area contributed by atoms with E-state index in [1.165, 1.54) is 38.5 Å². The molecule has 2 fully saturated rings. The van der Waals surface area contributed by atoms with Crippen LogP contribution < -0.4 is 5.63 Å². The largest absolute Gasteiger partial charge is 0.367 e. The van der Waals surface area contributed by atoms with Gasteiger partial charge in [-0.15, -0.1) is 0 Å². The Labute approximate surface area is 170 Å². The quantitative estimate of drug-likeness (QED) is 0.431. The maximum Gasteiger partial charge on any atom is 0.367 e.